The number of nitrogens with zero attached hydrogens (tertiary/aromatic N) is 1. The molecule has 4 nitrogen and oxygen atoms in total. The minimum absolute atomic E-state index is 0.00427. The van der Waals surface area contributed by atoms with Crippen LogP contribution >= 0.6 is 11.8 Å². The predicted molar refractivity (Wildman–Crippen MR) is 116 cm³/mol. The third kappa shape index (κ3) is 6.27. The number of aliphatic hydroxyl groups is 2. The minimum Gasteiger partial charge on any atom is -0.395 e. The van der Waals surface area contributed by atoms with E-state index in [4.69, 9.17) is 10.2 Å². The maximum Gasteiger partial charge on any atom is 0.193 e. The van der Waals surface area contributed by atoms with E-state index in [-0.39, 0.29) is 19.0 Å². The molecule has 0 heterocycles. The van der Waals surface area contributed by atoms with Gasteiger partial charge in [-0.1, -0.05) is 54.2 Å². The van der Waals surface area contributed by atoms with Gasteiger partial charge in [0.1, 0.15) is 0 Å². The summed E-state index contributed by atoms with van der Waals surface area (Å²) in [4.78, 5) is 17.0. The molecule has 29 heavy (non-hydrogen) atoms. The maximum absolute atomic E-state index is 12.8. The Morgan fingerprint density at radius 2 is 1.24 bits per heavy atom. The first-order chi connectivity index (χ1) is 14.2. The van der Waals surface area contributed by atoms with Crippen molar-refractivity contribution < 1.29 is 15.0 Å². The second-order valence-corrected chi connectivity index (χ2v) is 7.84. The molecule has 0 radical (unpaired) electrons. The predicted octanol–water partition coefficient (Wildman–Crippen LogP) is 3.86. The van der Waals surface area contributed by atoms with Crippen LogP contribution in [0.2, 0.25) is 0 Å². The first-order valence-electron chi connectivity index (χ1n) is 9.60. The summed E-state index contributed by atoms with van der Waals surface area (Å²) in [5.41, 5.74) is 2.35. The van der Waals surface area contributed by atoms with Crippen LogP contribution < -0.4 is 0 Å². The number of rotatable bonds is 10. The van der Waals surface area contributed by atoms with Crippen molar-refractivity contribution >= 4 is 17.5 Å². The topological polar surface area (TPSA) is 60.8 Å². The van der Waals surface area contributed by atoms with Crippen LogP contribution in [0.1, 0.15) is 21.5 Å². The van der Waals surface area contributed by atoms with Crippen molar-refractivity contribution in [1.29, 1.82) is 0 Å². The summed E-state index contributed by atoms with van der Waals surface area (Å²) in [6.45, 7) is 1.74. The Bertz CT molecular complexity index is 890. The van der Waals surface area contributed by atoms with Gasteiger partial charge in [0.25, 0.3) is 0 Å². The number of carbonyl (C=O) groups excluding carboxylic acids is 1. The van der Waals surface area contributed by atoms with Crippen molar-refractivity contribution in [3.8, 4) is 0 Å². The van der Waals surface area contributed by atoms with Gasteiger partial charge in [-0.3, -0.25) is 9.69 Å². The van der Waals surface area contributed by atoms with Crippen LogP contribution in [0.3, 0.4) is 0 Å². The van der Waals surface area contributed by atoms with Gasteiger partial charge in [-0.15, -0.1) is 0 Å². The molecule has 150 valence electrons. The molecule has 0 saturated heterocycles. The molecule has 3 aromatic carbocycles. The van der Waals surface area contributed by atoms with Crippen molar-refractivity contribution in [3.63, 3.8) is 0 Å². The normalized spacial score (nSPS) is 11.0. The average Bonchev–Trinajstić information content (AvgIpc) is 2.75. The van der Waals surface area contributed by atoms with Gasteiger partial charge < -0.3 is 10.2 Å². The van der Waals surface area contributed by atoms with E-state index in [1.807, 2.05) is 71.6 Å². The van der Waals surface area contributed by atoms with Crippen LogP contribution in [-0.4, -0.2) is 47.2 Å². The smallest absolute Gasteiger partial charge is 0.193 e. The van der Waals surface area contributed by atoms with E-state index >= 15 is 0 Å². The fourth-order valence-corrected chi connectivity index (χ4v) is 3.88. The summed E-state index contributed by atoms with van der Waals surface area (Å²) in [5, 5.41) is 18.2. The number of aliphatic hydroxyl groups excluding tert-OH is 2. The van der Waals surface area contributed by atoms with Crippen LogP contribution in [-0.2, 0) is 6.54 Å². The van der Waals surface area contributed by atoms with Crippen molar-refractivity contribution in [2.24, 2.45) is 0 Å². The molecule has 0 aliphatic heterocycles. The molecule has 0 aliphatic carbocycles. The molecule has 0 unspecified atom stereocenters. The molecule has 0 fully saturated rings. The molecule has 0 amide bonds. The van der Waals surface area contributed by atoms with Crippen LogP contribution in [0.4, 0.5) is 0 Å². The van der Waals surface area contributed by atoms with E-state index in [0.29, 0.717) is 30.8 Å². The van der Waals surface area contributed by atoms with Crippen molar-refractivity contribution in [2.75, 3.05) is 26.3 Å². The van der Waals surface area contributed by atoms with Crippen LogP contribution in [0.25, 0.3) is 0 Å². The highest BCUT2D eigenvalue weighted by molar-refractivity contribution is 7.99. The molecule has 0 atom stereocenters. The molecule has 0 aromatic heterocycles. The number of ketones is 1. The van der Waals surface area contributed by atoms with Gasteiger partial charge in [-0.05, 0) is 42.0 Å². The molecular weight excluding hydrogens is 382 g/mol. The zero-order valence-corrected chi connectivity index (χ0v) is 17.0. The zero-order valence-electron chi connectivity index (χ0n) is 16.2. The van der Waals surface area contributed by atoms with E-state index < -0.39 is 0 Å². The molecule has 0 aliphatic rings. The summed E-state index contributed by atoms with van der Waals surface area (Å²) in [5.74, 6) is -0.00427. The number of carbonyl (C=O) groups is 1. The molecule has 3 aromatic rings. The number of hydrogen-bond donors (Lipinski definition) is 2. The summed E-state index contributed by atoms with van der Waals surface area (Å²) in [7, 11) is 0. The molecular formula is C24H25NO3S. The zero-order chi connectivity index (χ0) is 20.5. The standard InChI is InChI=1S/C24H25NO3S/c26-16-14-25(15-17-27)18-19-6-8-20(9-7-19)24(28)21-10-12-23(13-11-21)29-22-4-2-1-3-5-22/h1-13,26-27H,14-18H2. The third-order valence-corrected chi connectivity index (χ3v) is 5.57. The molecule has 0 saturated carbocycles. The lowest BCUT2D eigenvalue weighted by atomic mass is 10.0. The van der Waals surface area contributed by atoms with Gasteiger partial charge in [0.2, 0.25) is 0 Å². The summed E-state index contributed by atoms with van der Waals surface area (Å²) >= 11 is 1.67. The third-order valence-electron chi connectivity index (χ3n) is 4.55. The lowest BCUT2D eigenvalue weighted by molar-refractivity contribution is 0.103. The van der Waals surface area contributed by atoms with Crippen molar-refractivity contribution in [2.45, 2.75) is 16.3 Å². The Labute approximate surface area is 175 Å². The quantitative estimate of drug-likeness (QED) is 0.500. The van der Waals surface area contributed by atoms with Gasteiger partial charge in [-0.2, -0.15) is 0 Å². The van der Waals surface area contributed by atoms with Crippen molar-refractivity contribution in [3.05, 3.63) is 95.6 Å². The van der Waals surface area contributed by atoms with E-state index in [0.717, 1.165) is 10.5 Å². The molecule has 2 N–H and O–H groups in total. The highest BCUT2D eigenvalue weighted by atomic mass is 32.2. The Morgan fingerprint density at radius 3 is 1.79 bits per heavy atom. The monoisotopic (exact) mass is 407 g/mol. The summed E-state index contributed by atoms with van der Waals surface area (Å²) in [6.07, 6.45) is 0. The SMILES string of the molecule is O=C(c1ccc(CN(CCO)CCO)cc1)c1ccc(Sc2ccccc2)cc1. The first-order valence-corrected chi connectivity index (χ1v) is 10.4. The first kappa shape index (κ1) is 21.3. The minimum atomic E-state index is -0.00427. The van der Waals surface area contributed by atoms with Crippen LogP contribution in [0, 0.1) is 0 Å². The Morgan fingerprint density at radius 1 is 0.724 bits per heavy atom. The lowest BCUT2D eigenvalue weighted by Crippen LogP contribution is -2.29. The largest absolute Gasteiger partial charge is 0.395 e. The maximum atomic E-state index is 12.8. The molecule has 0 spiro atoms. The van der Waals surface area contributed by atoms with Crippen LogP contribution in [0.15, 0.2) is 88.7 Å². The fraction of sp³-hybridized carbons (Fsp3) is 0.208. The van der Waals surface area contributed by atoms with E-state index in [9.17, 15) is 4.79 Å². The van der Waals surface area contributed by atoms with Crippen LogP contribution in [0.5, 0.6) is 0 Å². The molecule has 5 heteroatoms. The van der Waals surface area contributed by atoms with Crippen molar-refractivity contribution in [1.82, 2.24) is 4.90 Å². The number of benzene rings is 3. The fourth-order valence-electron chi connectivity index (χ4n) is 3.04. The highest BCUT2D eigenvalue weighted by Gasteiger charge is 2.10. The molecule has 0 bridgehead atoms. The van der Waals surface area contributed by atoms with E-state index in [2.05, 4.69) is 12.1 Å². The highest BCUT2D eigenvalue weighted by Crippen LogP contribution is 2.27. The number of hydrogen-bond acceptors (Lipinski definition) is 5. The van der Waals surface area contributed by atoms with E-state index in [1.54, 1.807) is 11.8 Å². The lowest BCUT2D eigenvalue weighted by Gasteiger charge is -2.20. The van der Waals surface area contributed by atoms with Gasteiger partial charge in [0, 0.05) is 40.6 Å². The Hall–Kier alpha value is -2.44. The van der Waals surface area contributed by atoms with Gasteiger partial charge in [0.05, 0.1) is 13.2 Å². The van der Waals surface area contributed by atoms with Gasteiger partial charge in [-0.25, -0.2) is 0 Å². The van der Waals surface area contributed by atoms with Gasteiger partial charge >= 0.3 is 0 Å². The summed E-state index contributed by atoms with van der Waals surface area (Å²) < 4.78 is 0. The molecule has 3 rings (SSSR count). The Balaban J connectivity index is 1.64. The second-order valence-electron chi connectivity index (χ2n) is 6.69. The van der Waals surface area contributed by atoms with E-state index in [1.165, 1.54) is 4.90 Å². The Kier molecular flexibility index (Phi) is 8.02. The summed E-state index contributed by atoms with van der Waals surface area (Å²) in [6, 6.07) is 25.3. The van der Waals surface area contributed by atoms with Gasteiger partial charge in [0.15, 0.2) is 5.78 Å². The average molecular weight is 408 g/mol. The second kappa shape index (κ2) is 10.9.